The van der Waals surface area contributed by atoms with E-state index in [9.17, 15) is 13.2 Å². The van der Waals surface area contributed by atoms with Crippen LogP contribution < -0.4 is 9.47 Å². The molecule has 0 saturated carbocycles. The maximum Gasteiger partial charge on any atom is 0.253 e. The summed E-state index contributed by atoms with van der Waals surface area (Å²) in [5.41, 5.74) is 0.546. The maximum atomic E-state index is 12.6. The number of nitrogens with zero attached hydrogens (tertiary/aromatic N) is 1. The average molecular weight is 341 g/mol. The lowest BCUT2D eigenvalue weighted by Crippen LogP contribution is -2.39. The molecule has 0 aliphatic carbocycles. The number of carbonyl (C=O) groups is 1. The molecule has 1 amide bonds. The fraction of sp³-hybridized carbons (Fsp3) is 0.562. The van der Waals surface area contributed by atoms with E-state index in [0.29, 0.717) is 43.0 Å². The fourth-order valence-electron chi connectivity index (χ4n) is 2.88. The molecule has 0 radical (unpaired) electrons. The Hall–Kier alpha value is -1.76. The van der Waals surface area contributed by atoms with Crippen LogP contribution in [0.1, 0.15) is 23.2 Å². The van der Waals surface area contributed by atoms with Crippen LogP contribution >= 0.6 is 0 Å². The summed E-state index contributed by atoms with van der Waals surface area (Å²) in [4.78, 5) is 14.3. The minimum atomic E-state index is -2.96. The third-order valence-corrected chi connectivity index (χ3v) is 5.15. The Morgan fingerprint density at radius 2 is 1.78 bits per heavy atom. The first-order valence-electron chi connectivity index (χ1n) is 7.53. The normalized spacial score (nSPS) is 16.2. The van der Waals surface area contributed by atoms with Gasteiger partial charge in [0.2, 0.25) is 0 Å². The summed E-state index contributed by atoms with van der Waals surface area (Å²) in [6.45, 7) is 1.15. The van der Waals surface area contributed by atoms with Gasteiger partial charge in [-0.05, 0) is 37.0 Å². The molecule has 0 bridgehead atoms. The molecule has 1 aromatic carbocycles. The van der Waals surface area contributed by atoms with Crippen LogP contribution in [0, 0.1) is 5.92 Å². The van der Waals surface area contributed by atoms with Crippen molar-refractivity contribution < 1.29 is 22.7 Å². The zero-order chi connectivity index (χ0) is 17.0. The molecule has 0 unspecified atom stereocenters. The zero-order valence-corrected chi connectivity index (χ0v) is 14.6. The topological polar surface area (TPSA) is 72.9 Å². The quantitative estimate of drug-likeness (QED) is 0.813. The summed E-state index contributed by atoms with van der Waals surface area (Å²) in [5.74, 6) is 1.37. The van der Waals surface area contributed by atoms with Crippen molar-refractivity contribution in [1.29, 1.82) is 0 Å². The van der Waals surface area contributed by atoms with Crippen molar-refractivity contribution in [2.75, 3.05) is 39.3 Å². The molecule has 1 aliphatic heterocycles. The van der Waals surface area contributed by atoms with Crippen molar-refractivity contribution in [1.82, 2.24) is 4.90 Å². The van der Waals surface area contributed by atoms with Crippen LogP contribution in [0.25, 0.3) is 0 Å². The van der Waals surface area contributed by atoms with Crippen LogP contribution in [0.15, 0.2) is 18.2 Å². The molecule has 1 saturated heterocycles. The Bertz CT molecular complexity index is 663. The van der Waals surface area contributed by atoms with Gasteiger partial charge >= 0.3 is 0 Å². The molecule has 0 spiro atoms. The van der Waals surface area contributed by atoms with Gasteiger partial charge in [0.25, 0.3) is 5.91 Å². The molecule has 7 heteroatoms. The van der Waals surface area contributed by atoms with Gasteiger partial charge in [-0.3, -0.25) is 4.79 Å². The van der Waals surface area contributed by atoms with Gasteiger partial charge in [-0.15, -0.1) is 0 Å². The van der Waals surface area contributed by atoms with Gasteiger partial charge in [0.05, 0.1) is 20.0 Å². The van der Waals surface area contributed by atoms with Crippen LogP contribution in [-0.2, 0) is 9.84 Å². The number of amides is 1. The number of benzene rings is 1. The van der Waals surface area contributed by atoms with Crippen molar-refractivity contribution in [3.63, 3.8) is 0 Å². The summed E-state index contributed by atoms with van der Waals surface area (Å²) in [6.07, 6.45) is 2.69. The summed E-state index contributed by atoms with van der Waals surface area (Å²) >= 11 is 0. The summed E-state index contributed by atoms with van der Waals surface area (Å²) in [7, 11) is 0.114. The average Bonchev–Trinajstić information content (AvgIpc) is 2.52. The van der Waals surface area contributed by atoms with E-state index in [-0.39, 0.29) is 17.6 Å². The molecule has 128 valence electrons. The Morgan fingerprint density at radius 1 is 1.17 bits per heavy atom. The molecule has 1 fully saturated rings. The van der Waals surface area contributed by atoms with Crippen molar-refractivity contribution in [2.24, 2.45) is 5.92 Å². The molecule has 0 N–H and O–H groups in total. The number of sulfone groups is 1. The maximum absolute atomic E-state index is 12.6. The lowest BCUT2D eigenvalue weighted by Gasteiger charge is -2.31. The van der Waals surface area contributed by atoms with Gasteiger partial charge in [-0.25, -0.2) is 8.42 Å². The third-order valence-electron chi connectivity index (χ3n) is 4.07. The minimum absolute atomic E-state index is 0.0660. The monoisotopic (exact) mass is 341 g/mol. The summed E-state index contributed by atoms with van der Waals surface area (Å²) < 4.78 is 33.1. The summed E-state index contributed by atoms with van der Waals surface area (Å²) in [6, 6.07) is 5.10. The first-order chi connectivity index (χ1) is 10.8. The van der Waals surface area contributed by atoms with Crippen molar-refractivity contribution in [3.05, 3.63) is 23.8 Å². The lowest BCUT2D eigenvalue weighted by molar-refractivity contribution is 0.0698. The molecule has 6 nitrogen and oxygen atoms in total. The van der Waals surface area contributed by atoms with E-state index in [2.05, 4.69) is 0 Å². The first-order valence-corrected chi connectivity index (χ1v) is 9.59. The third kappa shape index (κ3) is 4.60. The second-order valence-corrected chi connectivity index (χ2v) is 8.08. The second-order valence-electron chi connectivity index (χ2n) is 5.90. The van der Waals surface area contributed by atoms with Crippen molar-refractivity contribution in [3.8, 4) is 11.5 Å². The predicted octanol–water partition coefficient (Wildman–Crippen LogP) is 1.60. The fourth-order valence-corrected chi connectivity index (χ4v) is 4.07. The zero-order valence-electron chi connectivity index (χ0n) is 13.7. The lowest BCUT2D eigenvalue weighted by atomic mass is 9.98. The van der Waals surface area contributed by atoms with Crippen molar-refractivity contribution >= 4 is 15.7 Å². The van der Waals surface area contributed by atoms with Gasteiger partial charge in [-0.2, -0.15) is 0 Å². The summed E-state index contributed by atoms with van der Waals surface area (Å²) in [5, 5.41) is 0. The number of hydrogen-bond donors (Lipinski definition) is 0. The largest absolute Gasteiger partial charge is 0.493 e. The number of carbonyl (C=O) groups excluding carboxylic acids is 1. The molecule has 2 rings (SSSR count). The number of piperidine rings is 1. The van der Waals surface area contributed by atoms with Crippen molar-refractivity contribution in [2.45, 2.75) is 12.8 Å². The molecule has 1 heterocycles. The molecule has 23 heavy (non-hydrogen) atoms. The SMILES string of the molecule is COc1ccc(C(=O)N2CCC(CS(C)(=O)=O)CC2)cc1OC. The van der Waals surface area contributed by atoms with Gasteiger partial charge in [0, 0.05) is 24.9 Å². The Labute approximate surface area is 137 Å². The molecule has 1 aliphatic rings. The van der Waals surface area contributed by atoms with Crippen LogP contribution in [0.3, 0.4) is 0 Å². The highest BCUT2D eigenvalue weighted by molar-refractivity contribution is 7.90. The van der Waals surface area contributed by atoms with Gasteiger partial charge < -0.3 is 14.4 Å². The van der Waals surface area contributed by atoms with Crippen LogP contribution in [0.2, 0.25) is 0 Å². The Morgan fingerprint density at radius 3 is 2.30 bits per heavy atom. The first kappa shape index (κ1) is 17.6. The molecule has 0 atom stereocenters. The highest BCUT2D eigenvalue weighted by atomic mass is 32.2. The smallest absolute Gasteiger partial charge is 0.253 e. The molecule has 0 aromatic heterocycles. The van der Waals surface area contributed by atoms with Gasteiger partial charge in [0.1, 0.15) is 9.84 Å². The highest BCUT2D eigenvalue weighted by Gasteiger charge is 2.26. The van der Waals surface area contributed by atoms with E-state index in [1.807, 2.05) is 0 Å². The Balaban J connectivity index is 2.02. The minimum Gasteiger partial charge on any atom is -0.493 e. The van der Waals surface area contributed by atoms with E-state index >= 15 is 0 Å². The van der Waals surface area contributed by atoms with E-state index in [1.54, 1.807) is 30.2 Å². The highest BCUT2D eigenvalue weighted by Crippen LogP contribution is 2.29. The number of likely N-dealkylation sites (tertiary alicyclic amines) is 1. The standard InChI is InChI=1S/C16H23NO5S/c1-21-14-5-4-13(10-15(14)22-2)16(18)17-8-6-12(7-9-17)11-23(3,19)20/h4-5,10,12H,6-9,11H2,1-3H3. The van der Waals surface area contributed by atoms with E-state index in [0.717, 1.165) is 0 Å². The number of ether oxygens (including phenoxy) is 2. The molecular formula is C16H23NO5S. The van der Waals surface area contributed by atoms with Crippen LogP contribution in [-0.4, -0.2) is 58.5 Å². The number of hydrogen-bond acceptors (Lipinski definition) is 5. The van der Waals surface area contributed by atoms with E-state index in [1.165, 1.54) is 13.4 Å². The van der Waals surface area contributed by atoms with Gasteiger partial charge in [0.15, 0.2) is 11.5 Å². The Kier molecular flexibility index (Phi) is 5.51. The predicted molar refractivity (Wildman–Crippen MR) is 87.9 cm³/mol. The molecule has 1 aromatic rings. The van der Waals surface area contributed by atoms with E-state index < -0.39 is 9.84 Å². The van der Waals surface area contributed by atoms with E-state index in [4.69, 9.17) is 9.47 Å². The van der Waals surface area contributed by atoms with Crippen LogP contribution in [0.4, 0.5) is 0 Å². The van der Waals surface area contributed by atoms with Crippen LogP contribution in [0.5, 0.6) is 11.5 Å². The van der Waals surface area contributed by atoms with Gasteiger partial charge in [-0.1, -0.05) is 0 Å². The number of methoxy groups -OCH3 is 2. The second kappa shape index (κ2) is 7.21. The molecular weight excluding hydrogens is 318 g/mol. The number of rotatable bonds is 5.